The number of rotatable bonds is 2. The number of pyridine rings is 1. The van der Waals surface area contributed by atoms with Crippen LogP contribution in [0.1, 0.15) is 21.5 Å². The Morgan fingerprint density at radius 1 is 1.29 bits per heavy atom. The van der Waals surface area contributed by atoms with Crippen LogP contribution in [0.4, 0.5) is 8.78 Å². The molecule has 3 rings (SSSR count). The van der Waals surface area contributed by atoms with Gasteiger partial charge in [0.15, 0.2) is 0 Å². The maximum Gasteiger partial charge on any atom is 0.201 e. The van der Waals surface area contributed by atoms with Crippen LogP contribution in [0.15, 0.2) is 36.7 Å². The SMILES string of the molecule is N#Cc1cnc2[nH]cc(C(=O)c3c(F)cccc3F)c2c1. The van der Waals surface area contributed by atoms with Crippen LogP contribution in [-0.4, -0.2) is 15.8 Å². The van der Waals surface area contributed by atoms with Gasteiger partial charge in [-0.3, -0.25) is 4.79 Å². The van der Waals surface area contributed by atoms with Crippen molar-refractivity contribution >= 4 is 16.8 Å². The zero-order chi connectivity index (χ0) is 15.0. The topological polar surface area (TPSA) is 69.5 Å². The van der Waals surface area contributed by atoms with Gasteiger partial charge in [0.2, 0.25) is 5.78 Å². The van der Waals surface area contributed by atoms with E-state index in [2.05, 4.69) is 9.97 Å². The van der Waals surface area contributed by atoms with Crippen LogP contribution in [-0.2, 0) is 0 Å². The summed E-state index contributed by atoms with van der Waals surface area (Å²) in [5, 5.41) is 9.21. The fourth-order valence-corrected chi connectivity index (χ4v) is 2.10. The Morgan fingerprint density at radius 3 is 2.67 bits per heavy atom. The third-order valence-electron chi connectivity index (χ3n) is 3.09. The van der Waals surface area contributed by atoms with E-state index in [9.17, 15) is 13.6 Å². The summed E-state index contributed by atoms with van der Waals surface area (Å²) in [4.78, 5) is 19.1. The van der Waals surface area contributed by atoms with Gasteiger partial charge in [-0.25, -0.2) is 13.8 Å². The number of aromatic amines is 1. The number of nitrogens with one attached hydrogen (secondary N) is 1. The fourth-order valence-electron chi connectivity index (χ4n) is 2.10. The van der Waals surface area contributed by atoms with Gasteiger partial charge in [0.05, 0.1) is 11.1 Å². The molecule has 0 radical (unpaired) electrons. The Bertz CT molecular complexity index is 889. The van der Waals surface area contributed by atoms with E-state index in [1.54, 1.807) is 0 Å². The highest BCUT2D eigenvalue weighted by Gasteiger charge is 2.21. The van der Waals surface area contributed by atoms with Gasteiger partial charge in [0, 0.05) is 23.3 Å². The first-order valence-corrected chi connectivity index (χ1v) is 5.97. The van der Waals surface area contributed by atoms with E-state index in [0.717, 1.165) is 12.1 Å². The van der Waals surface area contributed by atoms with Crippen LogP contribution < -0.4 is 0 Å². The molecule has 0 aliphatic rings. The molecule has 0 atom stereocenters. The fraction of sp³-hybridized carbons (Fsp3) is 0. The molecular weight excluding hydrogens is 276 g/mol. The smallest absolute Gasteiger partial charge is 0.201 e. The standard InChI is InChI=1S/C15H7F2N3O/c16-11-2-1-3-12(17)13(11)14(21)10-7-20-15-9(10)4-8(5-18)6-19-15/h1-4,6-7H,(H,19,20). The number of nitriles is 1. The summed E-state index contributed by atoms with van der Waals surface area (Å²) in [6, 6.07) is 6.57. The normalized spacial score (nSPS) is 10.5. The number of hydrogen-bond acceptors (Lipinski definition) is 3. The van der Waals surface area contributed by atoms with Gasteiger partial charge in [-0.1, -0.05) is 6.07 Å². The number of carbonyl (C=O) groups excluding carboxylic acids is 1. The molecular formula is C15H7F2N3O. The van der Waals surface area contributed by atoms with Crippen LogP contribution in [0, 0.1) is 23.0 Å². The lowest BCUT2D eigenvalue weighted by molar-refractivity contribution is 0.103. The molecule has 0 amide bonds. The van der Waals surface area contributed by atoms with E-state index < -0.39 is 23.0 Å². The Labute approximate surface area is 117 Å². The number of hydrogen-bond donors (Lipinski definition) is 1. The number of nitrogens with zero attached hydrogens (tertiary/aromatic N) is 2. The van der Waals surface area contributed by atoms with Gasteiger partial charge < -0.3 is 4.98 Å². The second kappa shape index (κ2) is 4.80. The molecule has 0 saturated heterocycles. The monoisotopic (exact) mass is 283 g/mol. The molecule has 0 bridgehead atoms. The zero-order valence-electron chi connectivity index (χ0n) is 10.5. The third-order valence-corrected chi connectivity index (χ3v) is 3.09. The van der Waals surface area contributed by atoms with Crippen molar-refractivity contribution in [2.24, 2.45) is 0 Å². The van der Waals surface area contributed by atoms with Crippen molar-refractivity contribution in [2.75, 3.05) is 0 Å². The molecule has 0 spiro atoms. The highest BCUT2D eigenvalue weighted by atomic mass is 19.1. The quantitative estimate of drug-likeness (QED) is 0.735. The maximum absolute atomic E-state index is 13.7. The van der Waals surface area contributed by atoms with Crippen LogP contribution in [0.5, 0.6) is 0 Å². The van der Waals surface area contributed by atoms with Crippen molar-refractivity contribution in [3.05, 3.63) is 65.0 Å². The average molecular weight is 283 g/mol. The molecule has 0 unspecified atom stereocenters. The number of fused-ring (bicyclic) bond motifs is 1. The molecule has 4 nitrogen and oxygen atoms in total. The minimum atomic E-state index is -0.932. The summed E-state index contributed by atoms with van der Waals surface area (Å²) >= 11 is 0. The third kappa shape index (κ3) is 2.05. The van der Waals surface area contributed by atoms with E-state index in [4.69, 9.17) is 5.26 Å². The lowest BCUT2D eigenvalue weighted by Gasteiger charge is -2.03. The van der Waals surface area contributed by atoms with Crippen molar-refractivity contribution in [1.29, 1.82) is 5.26 Å². The minimum Gasteiger partial charge on any atom is -0.345 e. The Hall–Kier alpha value is -3.07. The van der Waals surface area contributed by atoms with Crippen molar-refractivity contribution in [2.45, 2.75) is 0 Å². The van der Waals surface area contributed by atoms with Crippen molar-refractivity contribution in [3.63, 3.8) is 0 Å². The average Bonchev–Trinajstić information content (AvgIpc) is 2.89. The van der Waals surface area contributed by atoms with E-state index in [1.165, 1.54) is 24.5 Å². The number of benzene rings is 1. The van der Waals surface area contributed by atoms with Crippen molar-refractivity contribution in [1.82, 2.24) is 9.97 Å². The molecule has 0 fully saturated rings. The zero-order valence-corrected chi connectivity index (χ0v) is 10.5. The Kier molecular flexibility index (Phi) is 2.95. The van der Waals surface area contributed by atoms with E-state index >= 15 is 0 Å². The summed E-state index contributed by atoms with van der Waals surface area (Å²) in [6.07, 6.45) is 2.67. The summed E-state index contributed by atoms with van der Waals surface area (Å²) in [6.45, 7) is 0. The van der Waals surface area contributed by atoms with Crippen molar-refractivity contribution in [3.8, 4) is 6.07 Å². The van der Waals surface area contributed by atoms with Gasteiger partial charge in [-0.05, 0) is 18.2 Å². The molecule has 2 aromatic heterocycles. The van der Waals surface area contributed by atoms with Crippen LogP contribution >= 0.6 is 0 Å². The van der Waals surface area contributed by atoms with E-state index in [0.29, 0.717) is 11.0 Å². The first-order chi connectivity index (χ1) is 10.1. The van der Waals surface area contributed by atoms with E-state index in [-0.39, 0.29) is 11.1 Å². The lowest BCUT2D eigenvalue weighted by atomic mass is 10.0. The Balaban J connectivity index is 2.21. The number of H-pyrrole nitrogens is 1. The Morgan fingerprint density at radius 2 is 2.00 bits per heavy atom. The van der Waals surface area contributed by atoms with Gasteiger partial charge in [0.1, 0.15) is 23.4 Å². The van der Waals surface area contributed by atoms with Crippen molar-refractivity contribution < 1.29 is 13.6 Å². The molecule has 0 aliphatic carbocycles. The first kappa shape index (κ1) is 12.9. The van der Waals surface area contributed by atoms with Gasteiger partial charge >= 0.3 is 0 Å². The van der Waals surface area contributed by atoms with Crippen LogP contribution in [0.25, 0.3) is 11.0 Å². The minimum absolute atomic E-state index is 0.0681. The summed E-state index contributed by atoms with van der Waals surface area (Å²) in [5.41, 5.74) is 0.0682. The number of aromatic nitrogens is 2. The van der Waals surface area contributed by atoms with E-state index in [1.807, 2.05) is 6.07 Å². The molecule has 3 aromatic rings. The van der Waals surface area contributed by atoms with Gasteiger partial charge in [0.25, 0.3) is 0 Å². The molecule has 1 aromatic carbocycles. The predicted molar refractivity (Wildman–Crippen MR) is 70.6 cm³/mol. The molecule has 0 saturated carbocycles. The highest BCUT2D eigenvalue weighted by Crippen LogP contribution is 2.23. The summed E-state index contributed by atoms with van der Waals surface area (Å²) < 4.78 is 27.4. The second-order valence-corrected chi connectivity index (χ2v) is 4.36. The first-order valence-electron chi connectivity index (χ1n) is 5.97. The molecule has 1 N–H and O–H groups in total. The predicted octanol–water partition coefficient (Wildman–Crippen LogP) is 2.94. The highest BCUT2D eigenvalue weighted by molar-refractivity contribution is 6.16. The molecule has 2 heterocycles. The summed E-state index contributed by atoms with van der Waals surface area (Å²) in [7, 11) is 0. The lowest BCUT2D eigenvalue weighted by Crippen LogP contribution is -2.07. The largest absolute Gasteiger partial charge is 0.345 e. The molecule has 102 valence electrons. The van der Waals surface area contributed by atoms with Gasteiger partial charge in [-0.15, -0.1) is 0 Å². The number of halogens is 2. The van der Waals surface area contributed by atoms with Crippen LogP contribution in [0.3, 0.4) is 0 Å². The molecule has 0 aliphatic heterocycles. The second-order valence-electron chi connectivity index (χ2n) is 4.36. The molecule has 6 heteroatoms. The number of carbonyl (C=O) groups is 1. The maximum atomic E-state index is 13.7. The van der Waals surface area contributed by atoms with Crippen LogP contribution in [0.2, 0.25) is 0 Å². The van der Waals surface area contributed by atoms with Gasteiger partial charge in [-0.2, -0.15) is 5.26 Å². The summed E-state index contributed by atoms with van der Waals surface area (Å²) in [5.74, 6) is -2.66. The number of ketones is 1. The molecule has 21 heavy (non-hydrogen) atoms.